The highest BCUT2D eigenvalue weighted by Gasteiger charge is 2.20. The van der Waals surface area contributed by atoms with Crippen molar-refractivity contribution < 1.29 is 0 Å². The maximum Gasteiger partial charge on any atom is 0.168 e. The molecule has 0 fully saturated rings. The minimum Gasteiger partial charge on any atom is -0.310 e. The van der Waals surface area contributed by atoms with Crippen molar-refractivity contribution in [2.24, 2.45) is 0 Å². The Bertz CT molecular complexity index is 2480. The smallest absolute Gasteiger partial charge is 0.168 e. The van der Waals surface area contributed by atoms with Gasteiger partial charge in [0.1, 0.15) is 0 Å². The predicted molar refractivity (Wildman–Crippen MR) is 201 cm³/mol. The van der Waals surface area contributed by atoms with Crippen LogP contribution in [0.4, 0.5) is 17.1 Å². The van der Waals surface area contributed by atoms with E-state index in [1.165, 1.54) is 21.8 Å². The van der Waals surface area contributed by atoms with Crippen molar-refractivity contribution in [3.8, 4) is 34.2 Å². The van der Waals surface area contributed by atoms with Crippen molar-refractivity contribution >= 4 is 38.9 Å². The molecule has 2 heterocycles. The van der Waals surface area contributed by atoms with Crippen LogP contribution >= 0.6 is 0 Å². The molecule has 0 saturated carbocycles. The summed E-state index contributed by atoms with van der Waals surface area (Å²) in [6.45, 7) is 0. The van der Waals surface area contributed by atoms with E-state index in [-0.39, 0.29) is 0 Å². The Morgan fingerprint density at radius 3 is 1.47 bits per heavy atom. The predicted octanol–water partition coefficient (Wildman–Crippen LogP) is 11.2. The molecule has 5 nitrogen and oxygen atoms in total. The second kappa shape index (κ2) is 12.1. The van der Waals surface area contributed by atoms with Gasteiger partial charge in [0, 0.05) is 50.3 Å². The fraction of sp³-hybridized carbons (Fsp3) is 0. The zero-order chi connectivity index (χ0) is 32.6. The molecule has 2 aromatic heterocycles. The van der Waals surface area contributed by atoms with Gasteiger partial charge in [-0.1, -0.05) is 115 Å². The van der Waals surface area contributed by atoms with Crippen molar-refractivity contribution in [2.45, 2.75) is 0 Å². The molecule has 232 valence electrons. The van der Waals surface area contributed by atoms with Crippen molar-refractivity contribution in [1.29, 1.82) is 0 Å². The van der Waals surface area contributed by atoms with E-state index in [2.05, 4.69) is 166 Å². The third kappa shape index (κ3) is 5.05. The van der Waals surface area contributed by atoms with E-state index in [4.69, 9.17) is 10.2 Å². The van der Waals surface area contributed by atoms with Gasteiger partial charge in [-0.3, -0.25) is 4.57 Å². The topological polar surface area (TPSA) is 38.9 Å². The number of fused-ring (bicyclic) bond motifs is 3. The van der Waals surface area contributed by atoms with E-state index < -0.39 is 0 Å². The van der Waals surface area contributed by atoms with Crippen LogP contribution in [-0.2, 0) is 0 Å². The number of hydrogen-bond donors (Lipinski definition) is 0. The highest BCUT2D eigenvalue weighted by atomic mass is 15.3. The second-order valence-electron chi connectivity index (χ2n) is 12.0. The first kappa shape index (κ1) is 28.5. The normalized spacial score (nSPS) is 11.3. The Labute approximate surface area is 284 Å². The molecule has 0 saturated heterocycles. The Hall–Kier alpha value is -6.72. The highest BCUT2D eigenvalue weighted by Crippen LogP contribution is 2.39. The second-order valence-corrected chi connectivity index (χ2v) is 12.0. The lowest BCUT2D eigenvalue weighted by atomic mass is 10.1. The number of para-hydroxylation sites is 4. The fourth-order valence-electron chi connectivity index (χ4n) is 6.83. The van der Waals surface area contributed by atoms with E-state index >= 15 is 0 Å². The van der Waals surface area contributed by atoms with Crippen LogP contribution in [0.3, 0.4) is 0 Å². The fourth-order valence-corrected chi connectivity index (χ4v) is 6.83. The summed E-state index contributed by atoms with van der Waals surface area (Å²) in [5, 5.41) is 12.0. The van der Waals surface area contributed by atoms with E-state index in [1.54, 1.807) is 0 Å². The first-order valence-corrected chi connectivity index (χ1v) is 16.4. The summed E-state index contributed by atoms with van der Waals surface area (Å²) >= 11 is 0. The van der Waals surface area contributed by atoms with Crippen molar-refractivity contribution in [2.75, 3.05) is 4.90 Å². The lowest BCUT2D eigenvalue weighted by molar-refractivity contribution is 1.07. The Morgan fingerprint density at radius 1 is 0.347 bits per heavy atom. The number of benzene rings is 7. The summed E-state index contributed by atoms with van der Waals surface area (Å²) < 4.78 is 4.49. The lowest BCUT2D eigenvalue weighted by Gasteiger charge is -2.26. The SMILES string of the molecule is c1ccc(-c2nnc(-c3cccc(N(c4ccccc4)c4ccc(-n5c6ccccc6c6ccccc65)cc4)c3)n2-c2ccccc2)cc1. The quantitative estimate of drug-likeness (QED) is 0.176. The molecule has 0 amide bonds. The third-order valence-electron chi connectivity index (χ3n) is 9.03. The van der Waals surface area contributed by atoms with Crippen molar-refractivity contribution in [3.05, 3.63) is 188 Å². The summed E-state index contributed by atoms with van der Waals surface area (Å²) in [6, 6.07) is 65.7. The molecular formula is C44H31N5. The Morgan fingerprint density at radius 2 is 0.816 bits per heavy atom. The van der Waals surface area contributed by atoms with Crippen LogP contribution in [-0.4, -0.2) is 19.3 Å². The maximum absolute atomic E-state index is 4.77. The lowest BCUT2D eigenvalue weighted by Crippen LogP contribution is -2.10. The average molecular weight is 630 g/mol. The minimum atomic E-state index is 0.779. The van der Waals surface area contributed by atoms with Crippen LogP contribution < -0.4 is 4.90 Å². The van der Waals surface area contributed by atoms with E-state index in [0.717, 1.165) is 51.2 Å². The summed E-state index contributed by atoms with van der Waals surface area (Å²) in [5.74, 6) is 1.58. The Balaban J connectivity index is 1.16. The third-order valence-corrected chi connectivity index (χ3v) is 9.03. The average Bonchev–Trinajstić information content (AvgIpc) is 3.77. The number of anilines is 3. The van der Waals surface area contributed by atoms with Crippen LogP contribution in [0.5, 0.6) is 0 Å². The largest absolute Gasteiger partial charge is 0.310 e. The maximum atomic E-state index is 4.77. The number of hydrogen-bond acceptors (Lipinski definition) is 3. The number of nitrogens with zero attached hydrogens (tertiary/aromatic N) is 5. The van der Waals surface area contributed by atoms with E-state index in [9.17, 15) is 0 Å². The van der Waals surface area contributed by atoms with Gasteiger partial charge in [0.25, 0.3) is 0 Å². The summed E-state index contributed by atoms with van der Waals surface area (Å²) in [6.07, 6.45) is 0. The van der Waals surface area contributed by atoms with Gasteiger partial charge in [-0.05, 0) is 72.8 Å². The Kier molecular flexibility index (Phi) is 7.06. The molecule has 9 aromatic rings. The van der Waals surface area contributed by atoms with Gasteiger partial charge in [-0.25, -0.2) is 0 Å². The molecule has 0 unspecified atom stereocenters. The van der Waals surface area contributed by atoms with E-state index in [0.29, 0.717) is 0 Å². The minimum absolute atomic E-state index is 0.779. The van der Waals surface area contributed by atoms with Crippen LogP contribution in [0.2, 0.25) is 0 Å². The van der Waals surface area contributed by atoms with Crippen molar-refractivity contribution in [1.82, 2.24) is 19.3 Å². The molecule has 5 heteroatoms. The molecule has 0 aliphatic heterocycles. The van der Waals surface area contributed by atoms with Gasteiger partial charge in [0.15, 0.2) is 11.6 Å². The number of rotatable bonds is 7. The van der Waals surface area contributed by atoms with Crippen LogP contribution in [0.15, 0.2) is 188 Å². The molecule has 0 aliphatic rings. The van der Waals surface area contributed by atoms with E-state index in [1.807, 2.05) is 36.4 Å². The molecule has 0 spiro atoms. The molecule has 9 rings (SSSR count). The molecule has 0 bridgehead atoms. The standard InChI is InChI=1S/C44H31N5/c1-4-15-32(16-5-1)43-45-46-44(49(43)35-20-8-3-9-21-35)33-17-14-22-38(31-33)47(34-18-6-2-7-19-34)36-27-29-37(30-28-36)48-41-25-12-10-23-39(41)40-24-11-13-26-42(40)48/h1-31H. The zero-order valence-electron chi connectivity index (χ0n) is 26.6. The monoisotopic (exact) mass is 629 g/mol. The molecule has 7 aromatic carbocycles. The summed E-state index contributed by atoms with van der Waals surface area (Å²) in [5.41, 5.74) is 9.65. The molecular weight excluding hydrogens is 599 g/mol. The number of aromatic nitrogens is 4. The van der Waals surface area contributed by atoms with Crippen LogP contribution in [0.25, 0.3) is 56.0 Å². The van der Waals surface area contributed by atoms with Crippen LogP contribution in [0.1, 0.15) is 0 Å². The first-order valence-electron chi connectivity index (χ1n) is 16.4. The van der Waals surface area contributed by atoms with Gasteiger partial charge >= 0.3 is 0 Å². The molecule has 0 N–H and O–H groups in total. The van der Waals surface area contributed by atoms with Gasteiger partial charge in [-0.2, -0.15) is 0 Å². The van der Waals surface area contributed by atoms with Crippen molar-refractivity contribution in [3.63, 3.8) is 0 Å². The van der Waals surface area contributed by atoms with Gasteiger partial charge in [-0.15, -0.1) is 10.2 Å². The molecule has 0 atom stereocenters. The van der Waals surface area contributed by atoms with Gasteiger partial charge in [0.2, 0.25) is 0 Å². The molecule has 0 aliphatic carbocycles. The molecule has 0 radical (unpaired) electrons. The summed E-state index contributed by atoms with van der Waals surface area (Å²) in [4.78, 5) is 2.29. The highest BCUT2D eigenvalue weighted by molar-refractivity contribution is 6.09. The van der Waals surface area contributed by atoms with Gasteiger partial charge < -0.3 is 9.47 Å². The first-order chi connectivity index (χ1) is 24.3. The molecule has 49 heavy (non-hydrogen) atoms. The zero-order valence-corrected chi connectivity index (χ0v) is 26.6. The van der Waals surface area contributed by atoms with Crippen LogP contribution in [0, 0.1) is 0 Å². The van der Waals surface area contributed by atoms with Gasteiger partial charge in [0.05, 0.1) is 11.0 Å². The summed E-state index contributed by atoms with van der Waals surface area (Å²) in [7, 11) is 0.